The average Bonchev–Trinajstić information content (AvgIpc) is 2.02. The molecule has 1 aliphatic rings. The molecule has 4 nitrogen and oxygen atoms in total. The molecule has 0 bridgehead atoms. The van der Waals surface area contributed by atoms with Gasteiger partial charge in [0.05, 0.1) is 4.92 Å². The number of halogens is 1. The lowest BCUT2D eigenvalue weighted by atomic mass is 9.98. The molecule has 2 rings (SSSR count). The van der Waals surface area contributed by atoms with Crippen LogP contribution in [0.2, 0.25) is 0 Å². The number of nitrogens with zero attached hydrogens (tertiary/aromatic N) is 1. The Balaban J connectivity index is 0.000000980. The maximum Gasteiger partial charge on any atom is 0.269 e. The highest BCUT2D eigenvalue weighted by molar-refractivity contribution is 5.85. The summed E-state index contributed by atoms with van der Waals surface area (Å²) in [4.78, 5) is 9.98. The SMILES string of the molecule is Cl.O=[N+]([O-])c1ccc([C@@H]2CCN2)cc1. The molecule has 1 aliphatic heterocycles. The van der Waals surface area contributed by atoms with Crippen LogP contribution in [0.3, 0.4) is 0 Å². The minimum atomic E-state index is -0.377. The van der Waals surface area contributed by atoms with Crippen molar-refractivity contribution in [1.29, 1.82) is 0 Å². The van der Waals surface area contributed by atoms with Gasteiger partial charge in [0.15, 0.2) is 0 Å². The minimum Gasteiger partial charge on any atom is -0.310 e. The van der Waals surface area contributed by atoms with Crippen molar-refractivity contribution in [1.82, 2.24) is 5.32 Å². The molecule has 0 aromatic heterocycles. The third-order valence-electron chi connectivity index (χ3n) is 2.33. The van der Waals surface area contributed by atoms with Crippen LogP contribution in [0.1, 0.15) is 18.0 Å². The Morgan fingerprint density at radius 3 is 2.29 bits per heavy atom. The summed E-state index contributed by atoms with van der Waals surface area (Å²) in [5.41, 5.74) is 1.29. The van der Waals surface area contributed by atoms with Crippen LogP contribution in [0.5, 0.6) is 0 Å². The van der Waals surface area contributed by atoms with Crippen LogP contribution >= 0.6 is 12.4 Å². The second kappa shape index (κ2) is 4.39. The Labute approximate surface area is 87.9 Å². The maximum atomic E-state index is 10.4. The normalized spacial score (nSPS) is 19.3. The molecule has 1 aromatic carbocycles. The number of nitro groups is 1. The number of nitro benzene ring substituents is 1. The Kier molecular flexibility index (Phi) is 3.43. The van der Waals surface area contributed by atoms with Crippen LogP contribution < -0.4 is 5.32 Å². The van der Waals surface area contributed by atoms with Crippen LogP contribution in [0.15, 0.2) is 24.3 Å². The van der Waals surface area contributed by atoms with Gasteiger partial charge in [-0.15, -0.1) is 12.4 Å². The lowest BCUT2D eigenvalue weighted by molar-refractivity contribution is -0.384. The van der Waals surface area contributed by atoms with Gasteiger partial charge in [-0.1, -0.05) is 12.1 Å². The Hall–Kier alpha value is -1.13. The molecular weight excluding hydrogens is 204 g/mol. The highest BCUT2D eigenvalue weighted by atomic mass is 35.5. The van der Waals surface area contributed by atoms with E-state index in [0.717, 1.165) is 18.5 Å². The van der Waals surface area contributed by atoms with Crippen LogP contribution in [0.25, 0.3) is 0 Å². The van der Waals surface area contributed by atoms with Crippen molar-refractivity contribution in [3.8, 4) is 0 Å². The summed E-state index contributed by atoms with van der Waals surface area (Å²) in [5.74, 6) is 0. The smallest absolute Gasteiger partial charge is 0.269 e. The Morgan fingerprint density at radius 2 is 1.93 bits per heavy atom. The van der Waals surface area contributed by atoms with Crippen molar-refractivity contribution < 1.29 is 4.92 Å². The molecule has 1 N–H and O–H groups in total. The van der Waals surface area contributed by atoms with Crippen molar-refractivity contribution in [2.24, 2.45) is 0 Å². The lowest BCUT2D eigenvalue weighted by Gasteiger charge is -2.27. The number of hydrogen-bond donors (Lipinski definition) is 1. The fourth-order valence-corrected chi connectivity index (χ4v) is 1.40. The van der Waals surface area contributed by atoms with E-state index in [9.17, 15) is 10.1 Å². The summed E-state index contributed by atoms with van der Waals surface area (Å²) >= 11 is 0. The maximum absolute atomic E-state index is 10.4. The second-order valence-electron chi connectivity index (χ2n) is 3.14. The van der Waals surface area contributed by atoms with Crippen LogP contribution in [0.4, 0.5) is 5.69 Å². The predicted molar refractivity (Wildman–Crippen MR) is 55.7 cm³/mol. The van der Waals surface area contributed by atoms with E-state index in [4.69, 9.17) is 0 Å². The van der Waals surface area contributed by atoms with Crippen molar-refractivity contribution in [2.45, 2.75) is 12.5 Å². The molecule has 1 atom stereocenters. The van der Waals surface area contributed by atoms with Crippen LogP contribution in [0, 0.1) is 10.1 Å². The number of benzene rings is 1. The summed E-state index contributed by atoms with van der Waals surface area (Å²) in [5, 5.41) is 13.6. The van der Waals surface area contributed by atoms with Crippen LogP contribution in [-0.4, -0.2) is 11.5 Å². The number of hydrogen-bond acceptors (Lipinski definition) is 3. The first-order chi connectivity index (χ1) is 6.27. The predicted octanol–water partition coefficient (Wildman–Crippen LogP) is 2.05. The molecule has 5 heteroatoms. The van der Waals surface area contributed by atoms with Gasteiger partial charge in [-0.25, -0.2) is 0 Å². The van der Waals surface area contributed by atoms with Gasteiger partial charge in [-0.05, 0) is 18.5 Å². The third-order valence-corrected chi connectivity index (χ3v) is 2.33. The Bertz CT molecular complexity index is 322. The van der Waals surface area contributed by atoms with Gasteiger partial charge >= 0.3 is 0 Å². The molecule has 0 unspecified atom stereocenters. The number of non-ortho nitro benzene ring substituents is 1. The summed E-state index contributed by atoms with van der Waals surface area (Å²) in [7, 11) is 0. The topological polar surface area (TPSA) is 55.2 Å². The van der Waals surface area contributed by atoms with E-state index in [2.05, 4.69) is 5.32 Å². The highest BCUT2D eigenvalue weighted by Gasteiger charge is 2.18. The van der Waals surface area contributed by atoms with Gasteiger partial charge in [0.25, 0.3) is 5.69 Å². The average molecular weight is 215 g/mol. The summed E-state index contributed by atoms with van der Waals surface area (Å²) < 4.78 is 0. The zero-order valence-electron chi connectivity index (χ0n) is 7.47. The molecule has 0 spiro atoms. The molecule has 1 aromatic rings. The summed E-state index contributed by atoms with van der Waals surface area (Å²) in [6, 6.07) is 7.13. The summed E-state index contributed by atoms with van der Waals surface area (Å²) in [6.45, 7) is 1.04. The zero-order chi connectivity index (χ0) is 9.26. The summed E-state index contributed by atoms with van der Waals surface area (Å²) in [6.07, 6.45) is 1.12. The molecular formula is C9H11ClN2O2. The molecule has 0 saturated carbocycles. The van der Waals surface area contributed by atoms with E-state index in [0.29, 0.717) is 6.04 Å². The lowest BCUT2D eigenvalue weighted by Crippen LogP contribution is -2.34. The van der Waals surface area contributed by atoms with Crippen LogP contribution in [-0.2, 0) is 0 Å². The minimum absolute atomic E-state index is 0. The third kappa shape index (κ3) is 2.02. The van der Waals surface area contributed by atoms with E-state index in [1.807, 2.05) is 12.1 Å². The first kappa shape index (κ1) is 10.9. The second-order valence-corrected chi connectivity index (χ2v) is 3.14. The molecule has 14 heavy (non-hydrogen) atoms. The standard InChI is InChI=1S/C9H10N2O2.ClH/c12-11(13)8-3-1-7(2-4-8)9-5-6-10-9;/h1-4,9-10H,5-6H2;1H/t9-;/m0./s1. The molecule has 0 radical (unpaired) electrons. The monoisotopic (exact) mass is 214 g/mol. The van der Waals surface area contributed by atoms with Gasteiger partial charge in [0, 0.05) is 18.2 Å². The molecule has 1 saturated heterocycles. The van der Waals surface area contributed by atoms with Gasteiger partial charge < -0.3 is 5.32 Å². The van der Waals surface area contributed by atoms with Gasteiger partial charge in [0.1, 0.15) is 0 Å². The quantitative estimate of drug-likeness (QED) is 0.606. The van der Waals surface area contributed by atoms with E-state index in [1.54, 1.807) is 12.1 Å². The first-order valence-corrected chi connectivity index (χ1v) is 4.25. The van der Waals surface area contributed by atoms with Crippen molar-refractivity contribution in [2.75, 3.05) is 6.54 Å². The largest absolute Gasteiger partial charge is 0.310 e. The number of nitrogens with one attached hydrogen (secondary N) is 1. The highest BCUT2D eigenvalue weighted by Crippen LogP contribution is 2.24. The molecule has 0 aliphatic carbocycles. The van der Waals surface area contributed by atoms with Gasteiger partial charge in [-0.2, -0.15) is 0 Å². The number of rotatable bonds is 2. The van der Waals surface area contributed by atoms with E-state index in [1.165, 1.54) is 0 Å². The molecule has 0 amide bonds. The van der Waals surface area contributed by atoms with Gasteiger partial charge in [-0.3, -0.25) is 10.1 Å². The fourth-order valence-electron chi connectivity index (χ4n) is 1.40. The fraction of sp³-hybridized carbons (Fsp3) is 0.333. The van der Waals surface area contributed by atoms with E-state index >= 15 is 0 Å². The van der Waals surface area contributed by atoms with E-state index < -0.39 is 0 Å². The first-order valence-electron chi connectivity index (χ1n) is 4.25. The van der Waals surface area contributed by atoms with Crippen molar-refractivity contribution in [3.63, 3.8) is 0 Å². The Morgan fingerprint density at radius 1 is 1.36 bits per heavy atom. The van der Waals surface area contributed by atoms with Gasteiger partial charge in [0.2, 0.25) is 0 Å². The molecule has 76 valence electrons. The van der Waals surface area contributed by atoms with Crippen molar-refractivity contribution in [3.05, 3.63) is 39.9 Å². The van der Waals surface area contributed by atoms with Crippen molar-refractivity contribution >= 4 is 18.1 Å². The van der Waals surface area contributed by atoms with E-state index in [-0.39, 0.29) is 23.0 Å². The molecule has 1 fully saturated rings. The molecule has 1 heterocycles. The zero-order valence-corrected chi connectivity index (χ0v) is 8.29.